The summed E-state index contributed by atoms with van der Waals surface area (Å²) >= 11 is 6.10. The van der Waals surface area contributed by atoms with Gasteiger partial charge in [0.15, 0.2) is 0 Å². The molecule has 0 spiro atoms. The molecule has 0 aromatic carbocycles. The molecule has 0 aliphatic heterocycles. The lowest BCUT2D eigenvalue weighted by Gasteiger charge is -2.29. The molecule has 0 saturated carbocycles. The Hall–Kier alpha value is 0.387. The van der Waals surface area contributed by atoms with Crippen LogP contribution < -0.4 is 0 Å². The Morgan fingerprint density at radius 2 is 1.88 bits per heavy atom. The molecule has 3 nitrogen and oxygen atoms in total. The van der Waals surface area contributed by atoms with Crippen molar-refractivity contribution >= 4 is 20.4 Å². The van der Waals surface area contributed by atoms with Gasteiger partial charge in [0.25, 0.3) is 0 Å². The third-order valence-electron chi connectivity index (χ3n) is 2.58. The van der Waals surface area contributed by atoms with Crippen LogP contribution in [0.5, 0.6) is 0 Å². The number of rotatable bonds is 9. The smallest absolute Gasteiger partial charge is 0.0927 e. The van der Waals surface area contributed by atoms with Crippen LogP contribution in [0.15, 0.2) is 0 Å². The topological polar surface area (TPSA) is 49.7 Å². The van der Waals surface area contributed by atoms with Crippen LogP contribution in [-0.4, -0.2) is 49.4 Å². The highest BCUT2D eigenvalue weighted by atomic mass is 35.5. The molecule has 1 unspecified atom stereocenters. The summed E-state index contributed by atoms with van der Waals surface area (Å²) in [7, 11) is -0.635. The quantitative estimate of drug-likeness (QED) is 0.381. The van der Waals surface area contributed by atoms with E-state index in [0.717, 1.165) is 19.4 Å². The molecule has 0 aromatic heterocycles. The van der Waals surface area contributed by atoms with Gasteiger partial charge < -0.3 is 14.9 Å². The van der Waals surface area contributed by atoms with Crippen molar-refractivity contribution in [3.05, 3.63) is 0 Å². The minimum Gasteiger partial charge on any atom is -0.394 e. The SMILES string of the molecule is CCCCOC(CC(Cl)(CO)CO)[Si](C)C. The molecule has 0 rings (SSSR count). The Balaban J connectivity index is 4.21. The van der Waals surface area contributed by atoms with Crippen LogP contribution in [0.2, 0.25) is 13.1 Å². The molecule has 0 heterocycles. The van der Waals surface area contributed by atoms with Crippen molar-refractivity contribution in [2.75, 3.05) is 19.8 Å². The Kier molecular flexibility index (Phi) is 8.68. The van der Waals surface area contributed by atoms with E-state index in [0.29, 0.717) is 6.42 Å². The Labute approximate surface area is 105 Å². The third kappa shape index (κ3) is 6.20. The van der Waals surface area contributed by atoms with Gasteiger partial charge in [0.05, 0.1) is 26.9 Å². The molecule has 5 heteroatoms. The Bertz CT molecular complexity index is 175. The molecule has 0 aromatic rings. The molecule has 0 aliphatic rings. The fourth-order valence-corrected chi connectivity index (χ4v) is 2.83. The van der Waals surface area contributed by atoms with Crippen molar-refractivity contribution in [3.63, 3.8) is 0 Å². The molecule has 2 N–H and O–H groups in total. The molecule has 0 amide bonds. The van der Waals surface area contributed by atoms with E-state index in [1.165, 1.54) is 0 Å². The van der Waals surface area contributed by atoms with Crippen molar-refractivity contribution in [1.82, 2.24) is 0 Å². The average molecular weight is 268 g/mol. The van der Waals surface area contributed by atoms with E-state index in [1.807, 2.05) is 0 Å². The van der Waals surface area contributed by atoms with E-state index in [9.17, 15) is 0 Å². The molecule has 1 atom stereocenters. The summed E-state index contributed by atoms with van der Waals surface area (Å²) in [5, 5.41) is 18.3. The molecule has 0 aliphatic carbocycles. The third-order valence-corrected chi connectivity index (χ3v) is 4.63. The minimum atomic E-state index is -0.932. The summed E-state index contributed by atoms with van der Waals surface area (Å²) in [6.45, 7) is 6.75. The van der Waals surface area contributed by atoms with Gasteiger partial charge in [0.1, 0.15) is 0 Å². The molecular formula is C11H24ClO3Si. The summed E-state index contributed by atoms with van der Waals surface area (Å²) < 4.78 is 5.78. The van der Waals surface area contributed by atoms with Gasteiger partial charge >= 0.3 is 0 Å². The van der Waals surface area contributed by atoms with Gasteiger partial charge in [0.2, 0.25) is 0 Å². The number of hydrogen-bond acceptors (Lipinski definition) is 3. The molecule has 0 fully saturated rings. The number of hydrogen-bond donors (Lipinski definition) is 2. The van der Waals surface area contributed by atoms with Crippen LogP contribution in [-0.2, 0) is 4.74 Å². The monoisotopic (exact) mass is 267 g/mol. The van der Waals surface area contributed by atoms with Crippen LogP contribution in [0.4, 0.5) is 0 Å². The molecule has 0 saturated heterocycles. The van der Waals surface area contributed by atoms with Gasteiger partial charge in [-0.05, 0) is 12.8 Å². The van der Waals surface area contributed by atoms with E-state index >= 15 is 0 Å². The predicted molar refractivity (Wildman–Crippen MR) is 69.5 cm³/mol. The molecular weight excluding hydrogens is 244 g/mol. The van der Waals surface area contributed by atoms with E-state index in [-0.39, 0.29) is 18.9 Å². The Morgan fingerprint density at radius 1 is 1.31 bits per heavy atom. The first-order valence-corrected chi connectivity index (χ1v) is 8.77. The van der Waals surface area contributed by atoms with Crippen molar-refractivity contribution in [3.8, 4) is 0 Å². The lowest BCUT2D eigenvalue weighted by Crippen LogP contribution is -2.41. The van der Waals surface area contributed by atoms with Gasteiger partial charge in [-0.2, -0.15) is 0 Å². The van der Waals surface area contributed by atoms with Crippen LogP contribution in [0.25, 0.3) is 0 Å². The number of aliphatic hydroxyl groups is 2. The normalized spacial score (nSPS) is 14.4. The second-order valence-electron chi connectivity index (χ2n) is 4.46. The minimum absolute atomic E-state index is 0.0911. The average Bonchev–Trinajstić information content (AvgIpc) is 2.27. The maximum Gasteiger partial charge on any atom is 0.0927 e. The van der Waals surface area contributed by atoms with E-state index in [1.54, 1.807) is 0 Å². The van der Waals surface area contributed by atoms with Crippen LogP contribution in [0, 0.1) is 0 Å². The number of unbranched alkanes of at least 4 members (excludes halogenated alkanes) is 1. The first-order valence-electron chi connectivity index (χ1n) is 5.81. The van der Waals surface area contributed by atoms with Gasteiger partial charge in [-0.15, -0.1) is 11.6 Å². The summed E-state index contributed by atoms with van der Waals surface area (Å²) in [6.07, 6.45) is 2.67. The van der Waals surface area contributed by atoms with Crippen molar-refractivity contribution in [2.45, 2.75) is 49.9 Å². The largest absolute Gasteiger partial charge is 0.394 e. The zero-order valence-corrected chi connectivity index (χ0v) is 12.3. The zero-order chi connectivity index (χ0) is 12.6. The standard InChI is InChI=1S/C11H24ClO3Si/c1-4-5-6-15-10(16(2)3)7-11(12,8-13)9-14/h10,13-14H,4-9H2,1-3H3. The van der Waals surface area contributed by atoms with Crippen LogP contribution >= 0.6 is 11.6 Å². The number of alkyl halides is 1. The second kappa shape index (κ2) is 8.47. The van der Waals surface area contributed by atoms with Gasteiger partial charge in [-0.25, -0.2) is 0 Å². The Morgan fingerprint density at radius 3 is 2.25 bits per heavy atom. The second-order valence-corrected chi connectivity index (χ2v) is 8.06. The predicted octanol–water partition coefficient (Wildman–Crippen LogP) is 1.82. The first kappa shape index (κ1) is 16.4. The molecule has 16 heavy (non-hydrogen) atoms. The highest BCUT2D eigenvalue weighted by molar-refractivity contribution is 6.57. The molecule has 0 bridgehead atoms. The van der Waals surface area contributed by atoms with Crippen molar-refractivity contribution in [2.24, 2.45) is 0 Å². The zero-order valence-electron chi connectivity index (χ0n) is 10.5. The van der Waals surface area contributed by atoms with Crippen molar-refractivity contribution in [1.29, 1.82) is 0 Å². The number of aliphatic hydroxyl groups excluding tert-OH is 2. The fraction of sp³-hybridized carbons (Fsp3) is 1.00. The van der Waals surface area contributed by atoms with Crippen LogP contribution in [0.1, 0.15) is 26.2 Å². The highest BCUT2D eigenvalue weighted by Crippen LogP contribution is 2.23. The van der Waals surface area contributed by atoms with Crippen LogP contribution in [0.3, 0.4) is 0 Å². The molecule has 1 radical (unpaired) electrons. The lowest BCUT2D eigenvalue weighted by molar-refractivity contribution is 0.0654. The maximum atomic E-state index is 9.15. The highest BCUT2D eigenvalue weighted by Gasteiger charge is 2.31. The molecule has 97 valence electrons. The first-order chi connectivity index (χ1) is 7.49. The van der Waals surface area contributed by atoms with Gasteiger partial charge in [-0.1, -0.05) is 26.4 Å². The van der Waals surface area contributed by atoms with E-state index < -0.39 is 13.7 Å². The summed E-state index contributed by atoms with van der Waals surface area (Å²) in [6, 6.07) is 0. The van der Waals surface area contributed by atoms with Gasteiger partial charge in [0, 0.05) is 12.3 Å². The summed E-state index contributed by atoms with van der Waals surface area (Å²) in [5.41, 5.74) is 0.0911. The van der Waals surface area contributed by atoms with E-state index in [2.05, 4.69) is 20.0 Å². The number of halogens is 1. The van der Waals surface area contributed by atoms with Gasteiger partial charge in [-0.3, -0.25) is 0 Å². The summed E-state index contributed by atoms with van der Waals surface area (Å²) in [4.78, 5) is -0.932. The lowest BCUT2D eigenvalue weighted by atomic mass is 10.1. The summed E-state index contributed by atoms with van der Waals surface area (Å²) in [5.74, 6) is 0. The maximum absolute atomic E-state index is 9.15. The van der Waals surface area contributed by atoms with Crippen molar-refractivity contribution < 1.29 is 14.9 Å². The fourth-order valence-electron chi connectivity index (χ4n) is 1.31. The van der Waals surface area contributed by atoms with E-state index in [4.69, 9.17) is 26.6 Å². The number of ether oxygens (including phenoxy) is 1.